The van der Waals surface area contributed by atoms with Crippen molar-refractivity contribution in [2.24, 2.45) is 5.73 Å². The molecule has 0 spiro atoms. The fraction of sp³-hybridized carbons (Fsp3) is 0.333. The van der Waals surface area contributed by atoms with Crippen LogP contribution in [0.1, 0.15) is 11.4 Å². The molecule has 0 radical (unpaired) electrons. The normalized spacial score (nSPS) is 9.80. The van der Waals surface area contributed by atoms with Gasteiger partial charge in [-0.15, -0.1) is 0 Å². The highest BCUT2D eigenvalue weighted by molar-refractivity contribution is 5.35. The van der Waals surface area contributed by atoms with Gasteiger partial charge in [-0.2, -0.15) is 0 Å². The molecule has 1 rings (SSSR count). The van der Waals surface area contributed by atoms with E-state index in [0.717, 1.165) is 5.56 Å². The maximum atomic E-state index is 5.49. The SMILES string of the molecule is Cc1cnc(CN)nc1N. The van der Waals surface area contributed by atoms with Crippen LogP contribution in [0.15, 0.2) is 6.20 Å². The van der Waals surface area contributed by atoms with E-state index in [0.29, 0.717) is 18.2 Å². The molecule has 10 heavy (non-hydrogen) atoms. The predicted octanol–water partition coefficient (Wildman–Crippen LogP) is -0.174. The first-order chi connectivity index (χ1) is 4.74. The van der Waals surface area contributed by atoms with Crippen molar-refractivity contribution in [1.82, 2.24) is 9.97 Å². The third-order valence-electron chi connectivity index (χ3n) is 1.24. The van der Waals surface area contributed by atoms with Gasteiger partial charge in [0.05, 0.1) is 6.54 Å². The summed E-state index contributed by atoms with van der Waals surface area (Å²) in [5, 5.41) is 0. The molecule has 54 valence electrons. The fourth-order valence-electron chi connectivity index (χ4n) is 0.592. The molecule has 0 saturated carbocycles. The topological polar surface area (TPSA) is 77.8 Å². The lowest BCUT2D eigenvalue weighted by Crippen LogP contribution is -2.05. The summed E-state index contributed by atoms with van der Waals surface area (Å²) in [6.45, 7) is 2.19. The van der Waals surface area contributed by atoms with Gasteiger partial charge in [0.25, 0.3) is 0 Å². The number of anilines is 1. The molecule has 0 saturated heterocycles. The van der Waals surface area contributed by atoms with Crippen LogP contribution in [0.3, 0.4) is 0 Å². The molecular formula is C6H10N4. The molecule has 0 aromatic carbocycles. The van der Waals surface area contributed by atoms with Gasteiger partial charge in [0.1, 0.15) is 11.6 Å². The zero-order chi connectivity index (χ0) is 7.56. The van der Waals surface area contributed by atoms with Gasteiger partial charge in [0.15, 0.2) is 0 Å². The van der Waals surface area contributed by atoms with E-state index in [1.165, 1.54) is 0 Å². The van der Waals surface area contributed by atoms with Crippen LogP contribution in [-0.4, -0.2) is 9.97 Å². The molecule has 0 aliphatic rings. The number of hydrogen-bond acceptors (Lipinski definition) is 4. The molecule has 0 atom stereocenters. The van der Waals surface area contributed by atoms with Crippen LogP contribution in [0.4, 0.5) is 5.82 Å². The Morgan fingerprint density at radius 1 is 1.60 bits per heavy atom. The van der Waals surface area contributed by atoms with Gasteiger partial charge in [-0.1, -0.05) is 0 Å². The number of rotatable bonds is 1. The van der Waals surface area contributed by atoms with E-state index in [1.54, 1.807) is 6.20 Å². The van der Waals surface area contributed by atoms with Crippen LogP contribution in [0.5, 0.6) is 0 Å². The van der Waals surface area contributed by atoms with E-state index in [-0.39, 0.29) is 0 Å². The third kappa shape index (κ3) is 1.22. The minimum atomic E-state index is 0.338. The highest BCUT2D eigenvalue weighted by atomic mass is 15.0. The summed E-state index contributed by atoms with van der Waals surface area (Å²) in [5.41, 5.74) is 11.7. The molecule has 4 heteroatoms. The monoisotopic (exact) mass is 138 g/mol. The van der Waals surface area contributed by atoms with E-state index < -0.39 is 0 Å². The third-order valence-corrected chi connectivity index (χ3v) is 1.24. The smallest absolute Gasteiger partial charge is 0.144 e. The summed E-state index contributed by atoms with van der Waals surface area (Å²) in [4.78, 5) is 7.87. The van der Waals surface area contributed by atoms with Crippen molar-refractivity contribution < 1.29 is 0 Å². The highest BCUT2D eigenvalue weighted by Crippen LogP contribution is 2.03. The summed E-state index contributed by atoms with van der Waals surface area (Å²) in [6, 6.07) is 0. The summed E-state index contributed by atoms with van der Waals surface area (Å²) in [7, 11) is 0. The van der Waals surface area contributed by atoms with Gasteiger partial charge in [-0.3, -0.25) is 0 Å². The van der Waals surface area contributed by atoms with Crippen LogP contribution in [0.2, 0.25) is 0 Å². The number of nitrogens with two attached hydrogens (primary N) is 2. The van der Waals surface area contributed by atoms with Gasteiger partial charge < -0.3 is 11.5 Å². The predicted molar refractivity (Wildman–Crippen MR) is 39.1 cm³/mol. The number of nitrogens with zero attached hydrogens (tertiary/aromatic N) is 2. The highest BCUT2D eigenvalue weighted by Gasteiger charge is 1.96. The number of aryl methyl sites for hydroxylation is 1. The molecule has 4 nitrogen and oxygen atoms in total. The average Bonchev–Trinajstić information content (AvgIpc) is 1.95. The van der Waals surface area contributed by atoms with Gasteiger partial charge >= 0.3 is 0 Å². The van der Waals surface area contributed by atoms with Gasteiger partial charge in [0.2, 0.25) is 0 Å². The zero-order valence-electron chi connectivity index (χ0n) is 5.83. The van der Waals surface area contributed by atoms with E-state index in [2.05, 4.69) is 9.97 Å². The van der Waals surface area contributed by atoms with Crippen LogP contribution < -0.4 is 11.5 Å². The summed E-state index contributed by atoms with van der Waals surface area (Å²) in [6.07, 6.45) is 1.67. The Morgan fingerprint density at radius 3 is 2.80 bits per heavy atom. The largest absolute Gasteiger partial charge is 0.383 e. The first-order valence-electron chi connectivity index (χ1n) is 3.02. The van der Waals surface area contributed by atoms with Crippen molar-refractivity contribution in [3.8, 4) is 0 Å². The number of aromatic nitrogens is 2. The maximum Gasteiger partial charge on any atom is 0.144 e. The molecule has 0 aliphatic carbocycles. The van der Waals surface area contributed by atoms with Gasteiger partial charge in [-0.05, 0) is 6.92 Å². The molecule has 1 aromatic heterocycles. The van der Waals surface area contributed by atoms with Crippen molar-refractivity contribution in [2.45, 2.75) is 13.5 Å². The fourth-order valence-corrected chi connectivity index (χ4v) is 0.592. The second kappa shape index (κ2) is 2.62. The Morgan fingerprint density at radius 2 is 2.30 bits per heavy atom. The molecule has 0 unspecified atom stereocenters. The van der Waals surface area contributed by atoms with Crippen molar-refractivity contribution in [3.05, 3.63) is 17.6 Å². The molecule has 4 N–H and O–H groups in total. The maximum absolute atomic E-state index is 5.49. The lowest BCUT2D eigenvalue weighted by Gasteiger charge is -1.98. The Hall–Kier alpha value is -1.16. The minimum absolute atomic E-state index is 0.338. The van der Waals surface area contributed by atoms with Crippen LogP contribution >= 0.6 is 0 Å². The van der Waals surface area contributed by atoms with E-state index in [1.807, 2.05) is 6.92 Å². The number of hydrogen-bond donors (Lipinski definition) is 2. The average molecular weight is 138 g/mol. The summed E-state index contributed by atoms with van der Waals surface area (Å²) >= 11 is 0. The van der Waals surface area contributed by atoms with Crippen LogP contribution in [0.25, 0.3) is 0 Å². The first-order valence-corrected chi connectivity index (χ1v) is 3.02. The van der Waals surface area contributed by atoms with E-state index in [9.17, 15) is 0 Å². The Balaban J connectivity index is 3.04. The lowest BCUT2D eigenvalue weighted by molar-refractivity contribution is 0.906. The van der Waals surface area contributed by atoms with Crippen LogP contribution in [0, 0.1) is 6.92 Å². The molecule has 1 aromatic rings. The van der Waals surface area contributed by atoms with Crippen LogP contribution in [-0.2, 0) is 6.54 Å². The Labute approximate surface area is 59.3 Å². The van der Waals surface area contributed by atoms with E-state index >= 15 is 0 Å². The molecule has 0 amide bonds. The van der Waals surface area contributed by atoms with Crippen molar-refractivity contribution >= 4 is 5.82 Å². The molecule has 0 aliphatic heterocycles. The second-order valence-corrected chi connectivity index (χ2v) is 2.06. The Kier molecular flexibility index (Phi) is 1.82. The van der Waals surface area contributed by atoms with Gasteiger partial charge in [-0.25, -0.2) is 9.97 Å². The minimum Gasteiger partial charge on any atom is -0.383 e. The Bertz CT molecular complexity index is 233. The first kappa shape index (κ1) is 6.95. The summed E-state index contributed by atoms with van der Waals surface area (Å²) < 4.78 is 0. The summed E-state index contributed by atoms with van der Waals surface area (Å²) in [5.74, 6) is 1.10. The zero-order valence-corrected chi connectivity index (χ0v) is 5.83. The van der Waals surface area contributed by atoms with E-state index in [4.69, 9.17) is 11.5 Å². The van der Waals surface area contributed by atoms with Gasteiger partial charge in [0, 0.05) is 11.8 Å². The standard InChI is InChI=1S/C6H10N4/c1-4-3-9-5(2-7)10-6(4)8/h3H,2,7H2,1H3,(H2,8,9,10). The quantitative estimate of drug-likeness (QED) is 0.564. The molecule has 0 fully saturated rings. The van der Waals surface area contributed by atoms with Crippen molar-refractivity contribution in [1.29, 1.82) is 0 Å². The van der Waals surface area contributed by atoms with Crippen molar-refractivity contribution in [2.75, 3.05) is 5.73 Å². The van der Waals surface area contributed by atoms with Crippen molar-refractivity contribution in [3.63, 3.8) is 0 Å². The molecule has 1 heterocycles. The molecular weight excluding hydrogens is 128 g/mol. The second-order valence-electron chi connectivity index (χ2n) is 2.06. The lowest BCUT2D eigenvalue weighted by atomic mass is 10.3. The number of nitrogen functional groups attached to an aromatic ring is 1. The molecule has 0 bridgehead atoms.